The van der Waals surface area contributed by atoms with Crippen molar-refractivity contribution in [2.45, 2.75) is 12.1 Å². The standard InChI is InChI=1S/C9H12N2O2S/c12-9(13)8-7(10-3-4-11-8)6-2-1-5-14-6/h1-2,5,7-8,10-11H,3-4H2,(H,12,13). The Bertz CT molecular complexity index is 313. The van der Waals surface area contributed by atoms with Crippen molar-refractivity contribution in [3.05, 3.63) is 22.4 Å². The van der Waals surface area contributed by atoms with Gasteiger partial charge in [-0.2, -0.15) is 0 Å². The third-order valence-corrected chi connectivity index (χ3v) is 3.26. The zero-order valence-electron chi connectivity index (χ0n) is 7.56. The van der Waals surface area contributed by atoms with Crippen LogP contribution in [0.15, 0.2) is 17.5 Å². The van der Waals surface area contributed by atoms with E-state index in [-0.39, 0.29) is 6.04 Å². The number of nitrogens with one attached hydrogen (secondary N) is 2. The molecule has 3 N–H and O–H groups in total. The van der Waals surface area contributed by atoms with E-state index in [1.807, 2.05) is 17.5 Å². The van der Waals surface area contributed by atoms with Gasteiger partial charge in [0.2, 0.25) is 0 Å². The first-order chi connectivity index (χ1) is 6.79. The van der Waals surface area contributed by atoms with Crippen molar-refractivity contribution in [1.29, 1.82) is 0 Å². The van der Waals surface area contributed by atoms with Crippen LogP contribution < -0.4 is 10.6 Å². The van der Waals surface area contributed by atoms with Crippen LogP contribution in [0.1, 0.15) is 10.9 Å². The summed E-state index contributed by atoms with van der Waals surface area (Å²) in [6, 6.07) is 3.30. The molecule has 2 rings (SSSR count). The van der Waals surface area contributed by atoms with Gasteiger partial charge in [0.15, 0.2) is 0 Å². The Morgan fingerprint density at radius 1 is 1.50 bits per heavy atom. The molecule has 0 amide bonds. The van der Waals surface area contributed by atoms with E-state index in [0.29, 0.717) is 6.54 Å². The lowest BCUT2D eigenvalue weighted by Crippen LogP contribution is -2.54. The molecule has 2 atom stereocenters. The summed E-state index contributed by atoms with van der Waals surface area (Å²) in [5.41, 5.74) is 0. The number of rotatable bonds is 2. The monoisotopic (exact) mass is 212 g/mol. The zero-order chi connectivity index (χ0) is 9.97. The second kappa shape index (κ2) is 4.08. The fraction of sp³-hybridized carbons (Fsp3) is 0.444. The first kappa shape index (κ1) is 9.64. The minimum atomic E-state index is -0.796. The van der Waals surface area contributed by atoms with Gasteiger partial charge in [0, 0.05) is 18.0 Å². The second-order valence-electron chi connectivity index (χ2n) is 3.22. The van der Waals surface area contributed by atoms with Gasteiger partial charge in [-0.3, -0.25) is 4.79 Å². The fourth-order valence-electron chi connectivity index (χ4n) is 1.65. The fourth-order valence-corrected chi connectivity index (χ4v) is 2.49. The van der Waals surface area contributed by atoms with Gasteiger partial charge in [-0.25, -0.2) is 0 Å². The van der Waals surface area contributed by atoms with Crippen LogP contribution in [0.25, 0.3) is 0 Å². The molecule has 5 heteroatoms. The van der Waals surface area contributed by atoms with Crippen molar-refractivity contribution >= 4 is 17.3 Å². The van der Waals surface area contributed by atoms with E-state index in [1.54, 1.807) is 11.3 Å². The van der Waals surface area contributed by atoms with Crippen LogP contribution in [-0.2, 0) is 4.79 Å². The van der Waals surface area contributed by atoms with Crippen LogP contribution >= 0.6 is 11.3 Å². The normalized spacial score (nSPS) is 27.4. The van der Waals surface area contributed by atoms with Crippen molar-refractivity contribution in [3.63, 3.8) is 0 Å². The quantitative estimate of drug-likeness (QED) is 0.665. The molecule has 0 aromatic carbocycles. The van der Waals surface area contributed by atoms with E-state index in [4.69, 9.17) is 5.11 Å². The molecule has 2 heterocycles. The molecular weight excluding hydrogens is 200 g/mol. The summed E-state index contributed by atoms with van der Waals surface area (Å²) >= 11 is 1.58. The number of thiophene rings is 1. The molecule has 0 bridgehead atoms. The van der Waals surface area contributed by atoms with E-state index in [2.05, 4.69) is 10.6 Å². The summed E-state index contributed by atoms with van der Waals surface area (Å²) in [4.78, 5) is 12.0. The number of carboxylic acid groups (broad SMARTS) is 1. The second-order valence-corrected chi connectivity index (χ2v) is 4.20. The summed E-state index contributed by atoms with van der Waals surface area (Å²) in [7, 11) is 0. The smallest absolute Gasteiger partial charge is 0.322 e. The van der Waals surface area contributed by atoms with Crippen LogP contribution in [0.2, 0.25) is 0 Å². The van der Waals surface area contributed by atoms with Crippen molar-refractivity contribution in [2.75, 3.05) is 13.1 Å². The Labute approximate surface area is 85.9 Å². The molecule has 0 aliphatic carbocycles. The Kier molecular flexibility index (Phi) is 2.81. The van der Waals surface area contributed by atoms with Gasteiger partial charge in [-0.1, -0.05) is 6.07 Å². The lowest BCUT2D eigenvalue weighted by molar-refractivity contribution is -0.140. The van der Waals surface area contributed by atoms with E-state index in [1.165, 1.54) is 0 Å². The Hall–Kier alpha value is -0.910. The lowest BCUT2D eigenvalue weighted by Gasteiger charge is -2.30. The molecule has 0 radical (unpaired) electrons. The largest absolute Gasteiger partial charge is 0.480 e. The minimum Gasteiger partial charge on any atom is -0.480 e. The first-order valence-electron chi connectivity index (χ1n) is 4.52. The van der Waals surface area contributed by atoms with Crippen LogP contribution in [0.4, 0.5) is 0 Å². The van der Waals surface area contributed by atoms with Gasteiger partial charge >= 0.3 is 5.97 Å². The van der Waals surface area contributed by atoms with Gasteiger partial charge < -0.3 is 15.7 Å². The highest BCUT2D eigenvalue weighted by molar-refractivity contribution is 7.10. The third kappa shape index (κ3) is 1.79. The molecule has 14 heavy (non-hydrogen) atoms. The predicted octanol–water partition coefficient (Wildman–Crippen LogP) is 0.435. The topological polar surface area (TPSA) is 61.4 Å². The Morgan fingerprint density at radius 2 is 2.29 bits per heavy atom. The lowest BCUT2D eigenvalue weighted by atomic mass is 10.0. The Morgan fingerprint density at radius 3 is 2.93 bits per heavy atom. The number of aliphatic carboxylic acids is 1. The number of carboxylic acids is 1. The highest BCUT2D eigenvalue weighted by Gasteiger charge is 2.31. The maximum Gasteiger partial charge on any atom is 0.322 e. The Balaban J connectivity index is 2.18. The molecular formula is C9H12N2O2S. The van der Waals surface area contributed by atoms with Crippen LogP contribution in [0, 0.1) is 0 Å². The molecule has 2 unspecified atom stereocenters. The van der Waals surface area contributed by atoms with Crippen LogP contribution in [0.3, 0.4) is 0 Å². The van der Waals surface area contributed by atoms with E-state index < -0.39 is 12.0 Å². The predicted molar refractivity (Wildman–Crippen MR) is 54.5 cm³/mol. The molecule has 76 valence electrons. The molecule has 1 aromatic heterocycles. The van der Waals surface area contributed by atoms with Gasteiger partial charge in [-0.15, -0.1) is 11.3 Å². The summed E-state index contributed by atoms with van der Waals surface area (Å²) in [6.07, 6.45) is 0. The molecule has 1 aromatic rings. The molecule has 4 nitrogen and oxygen atoms in total. The van der Waals surface area contributed by atoms with Crippen molar-refractivity contribution in [2.24, 2.45) is 0 Å². The molecule has 0 saturated carbocycles. The van der Waals surface area contributed by atoms with Gasteiger partial charge in [0.1, 0.15) is 6.04 Å². The van der Waals surface area contributed by atoms with E-state index >= 15 is 0 Å². The maximum atomic E-state index is 11.0. The molecule has 1 fully saturated rings. The molecule has 1 aliphatic heterocycles. The summed E-state index contributed by atoms with van der Waals surface area (Å²) in [5.74, 6) is -0.796. The molecule has 1 aliphatic rings. The van der Waals surface area contributed by atoms with E-state index in [0.717, 1.165) is 11.4 Å². The number of piperazine rings is 1. The van der Waals surface area contributed by atoms with Crippen molar-refractivity contribution in [1.82, 2.24) is 10.6 Å². The van der Waals surface area contributed by atoms with Crippen molar-refractivity contribution < 1.29 is 9.90 Å². The summed E-state index contributed by atoms with van der Waals surface area (Å²) < 4.78 is 0. The summed E-state index contributed by atoms with van der Waals surface area (Å²) in [5, 5.41) is 17.2. The van der Waals surface area contributed by atoms with Crippen LogP contribution in [0.5, 0.6) is 0 Å². The highest BCUT2D eigenvalue weighted by Crippen LogP contribution is 2.23. The zero-order valence-corrected chi connectivity index (χ0v) is 8.38. The number of carbonyl (C=O) groups is 1. The molecule has 0 spiro atoms. The number of hydrogen-bond acceptors (Lipinski definition) is 4. The maximum absolute atomic E-state index is 11.0. The third-order valence-electron chi connectivity index (χ3n) is 2.30. The average Bonchev–Trinajstić information content (AvgIpc) is 2.70. The molecule has 1 saturated heterocycles. The average molecular weight is 212 g/mol. The van der Waals surface area contributed by atoms with Gasteiger partial charge in [0.25, 0.3) is 0 Å². The van der Waals surface area contributed by atoms with Gasteiger partial charge in [-0.05, 0) is 11.4 Å². The summed E-state index contributed by atoms with van der Waals surface area (Å²) in [6.45, 7) is 1.52. The van der Waals surface area contributed by atoms with E-state index in [9.17, 15) is 4.79 Å². The van der Waals surface area contributed by atoms with Gasteiger partial charge in [0.05, 0.1) is 6.04 Å². The van der Waals surface area contributed by atoms with Crippen LogP contribution in [-0.4, -0.2) is 30.2 Å². The number of hydrogen-bond donors (Lipinski definition) is 3. The first-order valence-corrected chi connectivity index (χ1v) is 5.40. The SMILES string of the molecule is O=C(O)C1NCCNC1c1cccs1. The van der Waals surface area contributed by atoms with Crippen molar-refractivity contribution in [3.8, 4) is 0 Å². The minimum absolute atomic E-state index is 0.0961. The highest BCUT2D eigenvalue weighted by atomic mass is 32.1.